The van der Waals surface area contributed by atoms with Crippen LogP contribution < -0.4 is 11.1 Å². The number of H-pyrrole nitrogens is 1. The zero-order valence-corrected chi connectivity index (χ0v) is 19.3. The van der Waals surface area contributed by atoms with Crippen molar-refractivity contribution in [3.8, 4) is 0 Å². The smallest absolute Gasteiger partial charge is 0.259 e. The molecule has 0 bridgehead atoms. The van der Waals surface area contributed by atoms with Crippen LogP contribution in [0.1, 0.15) is 27.5 Å². The SMILES string of the molecule is Cc1sc2nc(CN3CCN(Cc4cc(=O)n5cccc(C)c5n4)CC3)[nH]c(=O)c2c1C. The molecule has 1 aliphatic heterocycles. The summed E-state index contributed by atoms with van der Waals surface area (Å²) in [5.74, 6) is 0.719. The number of hydrogen-bond acceptors (Lipinski definition) is 7. The molecule has 5 heterocycles. The summed E-state index contributed by atoms with van der Waals surface area (Å²) in [5, 5.41) is 0.718. The number of aryl methyl sites for hydroxylation is 3. The number of fused-ring (bicyclic) bond motifs is 2. The molecule has 8 nitrogen and oxygen atoms in total. The summed E-state index contributed by atoms with van der Waals surface area (Å²) in [6, 6.07) is 5.47. The molecule has 1 saturated heterocycles. The van der Waals surface area contributed by atoms with Gasteiger partial charge < -0.3 is 4.98 Å². The van der Waals surface area contributed by atoms with Gasteiger partial charge in [-0.3, -0.25) is 23.8 Å². The van der Waals surface area contributed by atoms with Crippen LogP contribution in [0, 0.1) is 20.8 Å². The van der Waals surface area contributed by atoms with Gasteiger partial charge in [-0.05, 0) is 38.0 Å². The van der Waals surface area contributed by atoms with Gasteiger partial charge in [0.2, 0.25) is 0 Å². The van der Waals surface area contributed by atoms with Crippen LogP contribution in [0.2, 0.25) is 0 Å². The number of nitrogens with one attached hydrogen (secondary N) is 1. The van der Waals surface area contributed by atoms with Gasteiger partial charge in [0.25, 0.3) is 11.1 Å². The van der Waals surface area contributed by atoms with Gasteiger partial charge >= 0.3 is 0 Å². The maximum absolute atomic E-state index is 12.5. The first-order valence-electron chi connectivity index (χ1n) is 10.8. The number of nitrogens with zero attached hydrogens (tertiary/aromatic N) is 5. The molecule has 0 aliphatic carbocycles. The van der Waals surface area contributed by atoms with Crippen molar-refractivity contribution in [2.75, 3.05) is 26.2 Å². The molecule has 5 rings (SSSR count). The highest BCUT2D eigenvalue weighted by Crippen LogP contribution is 2.25. The molecular formula is C23H26N6O2S. The fourth-order valence-corrected chi connectivity index (χ4v) is 5.36. The quantitative estimate of drug-likeness (QED) is 0.513. The summed E-state index contributed by atoms with van der Waals surface area (Å²) in [4.78, 5) is 44.0. The van der Waals surface area contributed by atoms with E-state index in [4.69, 9.17) is 9.97 Å². The van der Waals surface area contributed by atoms with E-state index in [9.17, 15) is 9.59 Å². The second-order valence-electron chi connectivity index (χ2n) is 8.50. The summed E-state index contributed by atoms with van der Waals surface area (Å²) in [6.07, 6.45) is 1.76. The maximum atomic E-state index is 12.5. The first-order valence-corrected chi connectivity index (χ1v) is 11.6. The summed E-state index contributed by atoms with van der Waals surface area (Å²) in [6.45, 7) is 10.7. The predicted octanol–water partition coefficient (Wildman–Crippen LogP) is 2.24. The molecule has 9 heteroatoms. The van der Waals surface area contributed by atoms with Crippen molar-refractivity contribution >= 4 is 27.2 Å². The monoisotopic (exact) mass is 450 g/mol. The van der Waals surface area contributed by atoms with Crippen LogP contribution in [0.4, 0.5) is 0 Å². The van der Waals surface area contributed by atoms with Crippen LogP contribution in [-0.4, -0.2) is 55.3 Å². The molecule has 0 unspecified atom stereocenters. The molecule has 1 aliphatic rings. The summed E-state index contributed by atoms with van der Waals surface area (Å²) >= 11 is 1.58. The van der Waals surface area contributed by atoms with Gasteiger partial charge in [0, 0.05) is 49.9 Å². The summed E-state index contributed by atoms with van der Waals surface area (Å²) in [7, 11) is 0. The Balaban J connectivity index is 1.25. The Bertz CT molecular complexity index is 1430. The minimum atomic E-state index is -0.0468. The van der Waals surface area contributed by atoms with E-state index in [0.29, 0.717) is 13.1 Å². The molecule has 0 atom stereocenters. The second kappa shape index (κ2) is 8.23. The Morgan fingerprint density at radius 2 is 1.75 bits per heavy atom. The van der Waals surface area contributed by atoms with Gasteiger partial charge in [0.1, 0.15) is 16.3 Å². The molecule has 1 fully saturated rings. The first kappa shape index (κ1) is 21.0. The van der Waals surface area contributed by atoms with E-state index in [0.717, 1.165) is 69.6 Å². The van der Waals surface area contributed by atoms with E-state index in [1.54, 1.807) is 28.0 Å². The second-order valence-corrected chi connectivity index (χ2v) is 9.70. The average molecular weight is 451 g/mol. The van der Waals surface area contributed by atoms with Crippen LogP contribution in [0.15, 0.2) is 34.0 Å². The Labute approximate surface area is 189 Å². The summed E-state index contributed by atoms with van der Waals surface area (Å²) < 4.78 is 1.60. The van der Waals surface area contributed by atoms with Crippen LogP contribution in [0.5, 0.6) is 0 Å². The van der Waals surface area contributed by atoms with E-state index in [1.165, 1.54) is 0 Å². The molecule has 32 heavy (non-hydrogen) atoms. The van der Waals surface area contributed by atoms with Crippen LogP contribution >= 0.6 is 11.3 Å². The van der Waals surface area contributed by atoms with Crippen LogP contribution in [0.3, 0.4) is 0 Å². The average Bonchev–Trinajstić information content (AvgIpc) is 3.04. The third-order valence-corrected chi connectivity index (χ3v) is 7.35. The minimum Gasteiger partial charge on any atom is -0.309 e. The van der Waals surface area contributed by atoms with Gasteiger partial charge in [-0.15, -0.1) is 11.3 Å². The molecule has 0 aromatic carbocycles. The normalized spacial score (nSPS) is 15.7. The van der Waals surface area contributed by atoms with E-state index in [1.807, 2.05) is 32.9 Å². The van der Waals surface area contributed by atoms with Crippen molar-refractivity contribution in [2.24, 2.45) is 0 Å². The highest BCUT2D eigenvalue weighted by Gasteiger charge is 2.20. The molecule has 0 spiro atoms. The first-order chi connectivity index (χ1) is 15.4. The molecule has 4 aromatic rings. The third-order valence-electron chi connectivity index (χ3n) is 6.25. The van der Waals surface area contributed by atoms with Gasteiger partial charge in [-0.25, -0.2) is 9.97 Å². The Hall–Kier alpha value is -2.88. The van der Waals surface area contributed by atoms with Crippen LogP contribution in [-0.2, 0) is 13.1 Å². The predicted molar refractivity (Wildman–Crippen MR) is 126 cm³/mol. The van der Waals surface area contributed by atoms with Crippen molar-refractivity contribution in [3.05, 3.63) is 72.6 Å². The van der Waals surface area contributed by atoms with Crippen molar-refractivity contribution < 1.29 is 0 Å². The largest absolute Gasteiger partial charge is 0.309 e. The van der Waals surface area contributed by atoms with Gasteiger partial charge in [0.05, 0.1) is 17.6 Å². The fraction of sp³-hybridized carbons (Fsp3) is 0.391. The number of hydrogen-bond donors (Lipinski definition) is 1. The van der Waals surface area contributed by atoms with Crippen molar-refractivity contribution in [1.29, 1.82) is 0 Å². The Morgan fingerprint density at radius 1 is 1.03 bits per heavy atom. The van der Waals surface area contributed by atoms with Gasteiger partial charge in [-0.2, -0.15) is 0 Å². The highest BCUT2D eigenvalue weighted by atomic mass is 32.1. The van der Waals surface area contributed by atoms with E-state index in [-0.39, 0.29) is 11.1 Å². The molecule has 166 valence electrons. The maximum Gasteiger partial charge on any atom is 0.259 e. The summed E-state index contributed by atoms with van der Waals surface area (Å²) in [5.41, 5.74) is 3.45. The lowest BCUT2D eigenvalue weighted by atomic mass is 10.2. The Kier molecular flexibility index (Phi) is 5.40. The zero-order chi connectivity index (χ0) is 22.4. The van der Waals surface area contributed by atoms with Crippen molar-refractivity contribution in [3.63, 3.8) is 0 Å². The molecule has 1 N–H and O–H groups in total. The molecule has 0 radical (unpaired) electrons. The third kappa shape index (κ3) is 3.87. The Morgan fingerprint density at radius 3 is 2.50 bits per heavy atom. The number of piperazine rings is 1. The highest BCUT2D eigenvalue weighted by molar-refractivity contribution is 7.18. The van der Waals surface area contributed by atoms with E-state index >= 15 is 0 Å². The fourth-order valence-electron chi connectivity index (χ4n) is 4.31. The zero-order valence-electron chi connectivity index (χ0n) is 18.5. The molecule has 0 amide bonds. The van der Waals surface area contributed by atoms with E-state index in [2.05, 4.69) is 14.8 Å². The lowest BCUT2D eigenvalue weighted by molar-refractivity contribution is 0.119. The number of rotatable bonds is 4. The van der Waals surface area contributed by atoms with Crippen LogP contribution in [0.25, 0.3) is 15.9 Å². The number of aromatic nitrogens is 4. The number of pyridine rings is 1. The van der Waals surface area contributed by atoms with Gasteiger partial charge in [-0.1, -0.05) is 6.07 Å². The molecular weight excluding hydrogens is 424 g/mol. The standard InChI is InChI=1S/C23H26N6O2S/c1-14-5-4-6-29-19(30)11-17(24-21(14)29)12-27-7-9-28(10-8-27)13-18-25-22(31)20-15(2)16(3)32-23(20)26-18/h4-6,11H,7-10,12-13H2,1-3H3,(H,25,26,31). The topological polar surface area (TPSA) is 86.6 Å². The number of aromatic amines is 1. The molecule has 0 saturated carbocycles. The van der Waals surface area contributed by atoms with Crippen molar-refractivity contribution in [2.45, 2.75) is 33.9 Å². The van der Waals surface area contributed by atoms with E-state index < -0.39 is 0 Å². The van der Waals surface area contributed by atoms with Gasteiger partial charge in [0.15, 0.2) is 0 Å². The lowest BCUT2D eigenvalue weighted by Gasteiger charge is -2.34. The van der Waals surface area contributed by atoms with Crippen molar-refractivity contribution in [1.82, 2.24) is 29.2 Å². The number of thiophene rings is 1. The minimum absolute atomic E-state index is 0.0446. The molecule has 4 aromatic heterocycles. The lowest BCUT2D eigenvalue weighted by Crippen LogP contribution is -2.46.